The Morgan fingerprint density at radius 3 is 2.05 bits per heavy atom. The van der Waals surface area contributed by atoms with E-state index in [4.69, 9.17) is 23.2 Å². The maximum absolute atomic E-state index is 14.0. The first-order valence-electron chi connectivity index (χ1n) is 12.2. The minimum Gasteiger partial charge on any atom is -0.352 e. The van der Waals surface area contributed by atoms with Crippen molar-refractivity contribution in [3.63, 3.8) is 0 Å². The monoisotopic (exact) mass is 653 g/mol. The molecule has 0 saturated heterocycles. The standard InChI is InChI=1S/C28H30BrCl2N3O4S/c1-19(2)32-28(36)26(16-20-8-5-4-6-9-20)33(17-23-24(30)10-7-11-25(23)31)27(35)18-34(39(3,37)38)22-14-12-21(29)13-15-22/h4-15,19,26H,16-18H2,1-3H3,(H,32,36)/t26-/m0/s1. The third-order valence-corrected chi connectivity index (χ3v) is 8.26. The summed E-state index contributed by atoms with van der Waals surface area (Å²) in [6, 6.07) is 19.7. The van der Waals surface area contributed by atoms with Gasteiger partial charge in [0.25, 0.3) is 0 Å². The lowest BCUT2D eigenvalue weighted by molar-refractivity contribution is -0.140. The number of carbonyl (C=O) groups excluding carboxylic acids is 2. The highest BCUT2D eigenvalue weighted by molar-refractivity contribution is 9.10. The number of halogens is 3. The molecular formula is C28H30BrCl2N3O4S. The number of benzene rings is 3. The van der Waals surface area contributed by atoms with Crippen LogP contribution in [0.15, 0.2) is 77.3 Å². The van der Waals surface area contributed by atoms with Crippen molar-refractivity contribution in [3.05, 3.63) is 98.4 Å². The quantitative estimate of drug-likeness (QED) is 0.288. The Balaban J connectivity index is 2.09. The first-order valence-corrected chi connectivity index (χ1v) is 15.6. The van der Waals surface area contributed by atoms with Crippen LogP contribution < -0.4 is 9.62 Å². The lowest BCUT2D eigenvalue weighted by Crippen LogP contribution is -2.54. The molecule has 208 valence electrons. The van der Waals surface area contributed by atoms with E-state index in [1.165, 1.54) is 4.90 Å². The highest BCUT2D eigenvalue weighted by atomic mass is 79.9. The lowest BCUT2D eigenvalue weighted by atomic mass is 10.0. The number of hydrogen-bond acceptors (Lipinski definition) is 4. The molecule has 3 aromatic carbocycles. The van der Waals surface area contributed by atoms with Crippen molar-refractivity contribution in [3.8, 4) is 0 Å². The Labute approximate surface area is 248 Å². The zero-order valence-corrected chi connectivity index (χ0v) is 25.7. The maximum atomic E-state index is 14.0. The third kappa shape index (κ3) is 8.70. The molecule has 0 unspecified atom stereocenters. The molecule has 0 fully saturated rings. The average Bonchev–Trinajstić information content (AvgIpc) is 2.86. The molecule has 7 nitrogen and oxygen atoms in total. The molecule has 0 aliphatic rings. The maximum Gasteiger partial charge on any atom is 0.244 e. The SMILES string of the molecule is CC(C)NC(=O)[C@H](Cc1ccccc1)N(Cc1c(Cl)cccc1Cl)C(=O)CN(c1ccc(Br)cc1)S(C)(=O)=O. The van der Waals surface area contributed by atoms with Crippen molar-refractivity contribution < 1.29 is 18.0 Å². The highest BCUT2D eigenvalue weighted by Crippen LogP contribution is 2.28. The molecule has 11 heteroatoms. The summed E-state index contributed by atoms with van der Waals surface area (Å²) in [5.74, 6) is -0.959. The zero-order valence-electron chi connectivity index (χ0n) is 21.8. The molecular weight excluding hydrogens is 625 g/mol. The predicted molar refractivity (Wildman–Crippen MR) is 161 cm³/mol. The van der Waals surface area contributed by atoms with E-state index in [0.717, 1.165) is 20.6 Å². The number of nitrogens with one attached hydrogen (secondary N) is 1. The van der Waals surface area contributed by atoms with Gasteiger partial charge in [0.2, 0.25) is 21.8 Å². The smallest absolute Gasteiger partial charge is 0.244 e. The van der Waals surface area contributed by atoms with Gasteiger partial charge in [0, 0.05) is 39.1 Å². The average molecular weight is 655 g/mol. The van der Waals surface area contributed by atoms with Crippen molar-refractivity contribution >= 4 is 66.7 Å². The fraction of sp³-hybridized carbons (Fsp3) is 0.286. The van der Waals surface area contributed by atoms with Gasteiger partial charge in [-0.3, -0.25) is 13.9 Å². The van der Waals surface area contributed by atoms with E-state index in [-0.39, 0.29) is 24.9 Å². The topological polar surface area (TPSA) is 86.8 Å². The van der Waals surface area contributed by atoms with Crippen LogP contribution in [0.3, 0.4) is 0 Å². The molecule has 0 bridgehead atoms. The summed E-state index contributed by atoms with van der Waals surface area (Å²) < 4.78 is 27.4. The van der Waals surface area contributed by atoms with Crippen LogP contribution in [0.1, 0.15) is 25.0 Å². The molecule has 39 heavy (non-hydrogen) atoms. The van der Waals surface area contributed by atoms with Crippen LogP contribution in [-0.4, -0.2) is 50.0 Å². The Bertz CT molecular complexity index is 1380. The van der Waals surface area contributed by atoms with Crippen LogP contribution in [0.2, 0.25) is 10.0 Å². The number of carbonyl (C=O) groups is 2. The Hall–Kier alpha value is -2.59. The normalized spacial score (nSPS) is 12.2. The molecule has 1 N–H and O–H groups in total. The van der Waals surface area contributed by atoms with E-state index in [2.05, 4.69) is 21.2 Å². The summed E-state index contributed by atoms with van der Waals surface area (Å²) in [6.07, 6.45) is 1.23. The second kappa shape index (κ2) is 13.7. The summed E-state index contributed by atoms with van der Waals surface area (Å²) in [7, 11) is -3.85. The van der Waals surface area contributed by atoms with Crippen molar-refractivity contribution in [2.45, 2.75) is 38.9 Å². The molecule has 1 atom stereocenters. The minimum atomic E-state index is -3.85. The number of amides is 2. The van der Waals surface area contributed by atoms with E-state index in [9.17, 15) is 18.0 Å². The fourth-order valence-electron chi connectivity index (χ4n) is 4.01. The van der Waals surface area contributed by atoms with Gasteiger partial charge in [-0.25, -0.2) is 8.42 Å². The van der Waals surface area contributed by atoms with E-state index in [1.807, 2.05) is 44.2 Å². The molecule has 0 aliphatic carbocycles. The molecule has 0 aliphatic heterocycles. The predicted octanol–water partition coefficient (Wildman–Crippen LogP) is 5.69. The minimum absolute atomic E-state index is 0.0989. The van der Waals surface area contributed by atoms with Gasteiger partial charge >= 0.3 is 0 Å². The molecule has 0 saturated carbocycles. The van der Waals surface area contributed by atoms with Gasteiger partial charge in [-0.05, 0) is 55.8 Å². The fourth-order valence-corrected chi connectivity index (χ4v) is 5.64. The van der Waals surface area contributed by atoms with E-state index >= 15 is 0 Å². The van der Waals surface area contributed by atoms with Crippen molar-refractivity contribution in [1.29, 1.82) is 0 Å². The van der Waals surface area contributed by atoms with E-state index in [0.29, 0.717) is 21.3 Å². The van der Waals surface area contributed by atoms with Crippen LogP contribution in [0, 0.1) is 0 Å². The number of rotatable bonds is 11. The number of sulfonamides is 1. The summed E-state index contributed by atoms with van der Waals surface area (Å²) in [5.41, 5.74) is 1.60. The molecule has 0 heterocycles. The van der Waals surface area contributed by atoms with Gasteiger partial charge in [-0.2, -0.15) is 0 Å². The Morgan fingerprint density at radius 2 is 1.51 bits per heavy atom. The molecule has 0 aromatic heterocycles. The number of hydrogen-bond donors (Lipinski definition) is 1. The largest absolute Gasteiger partial charge is 0.352 e. The first-order chi connectivity index (χ1) is 18.4. The van der Waals surface area contributed by atoms with E-state index in [1.54, 1.807) is 42.5 Å². The van der Waals surface area contributed by atoms with Crippen molar-refractivity contribution in [1.82, 2.24) is 10.2 Å². The Kier molecular flexibility index (Phi) is 10.8. The van der Waals surface area contributed by atoms with Crippen LogP contribution in [-0.2, 0) is 32.6 Å². The Morgan fingerprint density at radius 1 is 0.923 bits per heavy atom. The van der Waals surface area contributed by atoms with Gasteiger partial charge in [-0.1, -0.05) is 75.5 Å². The summed E-state index contributed by atoms with van der Waals surface area (Å²) in [5, 5.41) is 3.56. The zero-order chi connectivity index (χ0) is 28.7. The van der Waals surface area contributed by atoms with Gasteiger partial charge in [0.15, 0.2) is 0 Å². The molecule has 3 rings (SSSR count). The van der Waals surface area contributed by atoms with E-state index < -0.39 is 28.5 Å². The molecule has 2 amide bonds. The first kappa shape index (κ1) is 30.9. The van der Waals surface area contributed by atoms with Gasteiger partial charge < -0.3 is 10.2 Å². The second-order valence-corrected chi connectivity index (χ2v) is 13.0. The summed E-state index contributed by atoms with van der Waals surface area (Å²) >= 11 is 16.3. The number of nitrogens with zero attached hydrogens (tertiary/aromatic N) is 2. The molecule has 3 aromatic rings. The van der Waals surface area contributed by atoms with Crippen LogP contribution in [0.5, 0.6) is 0 Å². The number of anilines is 1. The molecule has 0 radical (unpaired) electrons. The van der Waals surface area contributed by atoms with Gasteiger partial charge in [0.1, 0.15) is 12.6 Å². The highest BCUT2D eigenvalue weighted by Gasteiger charge is 2.34. The van der Waals surface area contributed by atoms with Crippen LogP contribution >= 0.6 is 39.1 Å². The van der Waals surface area contributed by atoms with Gasteiger partial charge in [-0.15, -0.1) is 0 Å². The lowest BCUT2D eigenvalue weighted by Gasteiger charge is -2.34. The third-order valence-electron chi connectivity index (χ3n) is 5.89. The van der Waals surface area contributed by atoms with Crippen molar-refractivity contribution in [2.24, 2.45) is 0 Å². The second-order valence-electron chi connectivity index (χ2n) is 9.34. The summed E-state index contributed by atoms with van der Waals surface area (Å²) in [6.45, 7) is 3.03. The summed E-state index contributed by atoms with van der Waals surface area (Å²) in [4.78, 5) is 28.9. The van der Waals surface area contributed by atoms with Gasteiger partial charge in [0.05, 0.1) is 11.9 Å². The van der Waals surface area contributed by atoms with Crippen LogP contribution in [0.25, 0.3) is 0 Å². The van der Waals surface area contributed by atoms with Crippen LogP contribution in [0.4, 0.5) is 5.69 Å². The molecule has 0 spiro atoms. The van der Waals surface area contributed by atoms with Crippen molar-refractivity contribution in [2.75, 3.05) is 17.1 Å².